The van der Waals surface area contributed by atoms with Gasteiger partial charge >= 0.3 is 6.09 Å². The second-order valence-corrected chi connectivity index (χ2v) is 7.07. The number of ether oxygens (including phenoxy) is 1. The van der Waals surface area contributed by atoms with Gasteiger partial charge in [-0.1, -0.05) is 12.2 Å². The summed E-state index contributed by atoms with van der Waals surface area (Å²) < 4.78 is 5.16. The summed E-state index contributed by atoms with van der Waals surface area (Å²) in [6, 6.07) is 0. The van der Waals surface area contributed by atoms with E-state index in [2.05, 4.69) is 22.8 Å². The van der Waals surface area contributed by atoms with Crippen molar-refractivity contribution in [2.45, 2.75) is 31.7 Å². The van der Waals surface area contributed by atoms with E-state index in [-0.39, 0.29) is 0 Å². The van der Waals surface area contributed by atoms with E-state index in [1.807, 2.05) is 32.5 Å². The van der Waals surface area contributed by atoms with E-state index in [4.69, 9.17) is 17.0 Å². The Balaban J connectivity index is 2.35. The summed E-state index contributed by atoms with van der Waals surface area (Å²) in [7, 11) is 0. The maximum Gasteiger partial charge on any atom is 0.408 e. The Morgan fingerprint density at radius 2 is 2.28 bits per heavy atom. The largest absolute Gasteiger partial charge is 0.444 e. The van der Waals surface area contributed by atoms with Crippen molar-refractivity contribution in [3.05, 3.63) is 0 Å². The molecule has 1 rings (SSSR count). The number of hydrogen-bond acceptors (Lipinski definition) is 5. The highest BCUT2D eigenvalue weighted by Gasteiger charge is 2.26. The van der Waals surface area contributed by atoms with E-state index < -0.39 is 11.7 Å². The molecule has 0 saturated carbocycles. The third-order valence-corrected chi connectivity index (χ3v) is 4.45. The number of amides is 1. The van der Waals surface area contributed by atoms with Crippen LogP contribution in [0.2, 0.25) is 0 Å². The van der Waals surface area contributed by atoms with Crippen LogP contribution >= 0.6 is 36.6 Å². The lowest BCUT2D eigenvalue weighted by Gasteiger charge is -2.25. The fraction of sp³-hybridized carbons (Fsp3) is 0.818. The van der Waals surface area contributed by atoms with Gasteiger partial charge < -0.3 is 15.0 Å². The first-order valence-electron chi connectivity index (χ1n) is 5.82. The molecule has 0 bridgehead atoms. The van der Waals surface area contributed by atoms with E-state index in [0.717, 1.165) is 23.0 Å². The fourth-order valence-corrected chi connectivity index (χ4v) is 3.48. The summed E-state index contributed by atoms with van der Waals surface area (Å²) in [6.07, 6.45) is -0.431. The number of nitrogens with one attached hydrogen (secondary N) is 1. The first-order chi connectivity index (χ1) is 8.33. The van der Waals surface area contributed by atoms with Gasteiger partial charge in [0.15, 0.2) is 0 Å². The van der Waals surface area contributed by atoms with Crippen molar-refractivity contribution >= 4 is 47.7 Å². The maximum atomic E-state index is 11.5. The molecular formula is C11H20N2O2S3. The van der Waals surface area contributed by atoms with Crippen LogP contribution in [-0.4, -0.2) is 51.6 Å². The normalized spacial score (nSPS) is 19.8. The van der Waals surface area contributed by atoms with E-state index in [1.54, 1.807) is 0 Å². The molecule has 104 valence electrons. The molecule has 0 aromatic heterocycles. The van der Waals surface area contributed by atoms with E-state index in [9.17, 15) is 4.79 Å². The molecule has 1 amide bonds. The Bertz CT molecular complexity index is 318. The minimum Gasteiger partial charge on any atom is -0.444 e. The first-order valence-corrected chi connectivity index (χ1v) is 7.91. The molecular weight excluding hydrogens is 288 g/mol. The highest BCUT2D eigenvalue weighted by Crippen LogP contribution is 2.24. The van der Waals surface area contributed by atoms with Crippen molar-refractivity contribution in [3.63, 3.8) is 0 Å². The summed E-state index contributed by atoms with van der Waals surface area (Å²) in [6.45, 7) is 6.76. The lowest BCUT2D eigenvalue weighted by Crippen LogP contribution is -2.43. The Kier molecular flexibility index (Phi) is 6.07. The van der Waals surface area contributed by atoms with Crippen molar-refractivity contribution < 1.29 is 9.53 Å². The lowest BCUT2D eigenvalue weighted by atomic mass is 10.2. The highest BCUT2D eigenvalue weighted by molar-refractivity contribution is 8.00. The molecule has 1 fully saturated rings. The molecule has 1 saturated heterocycles. The summed E-state index contributed by atoms with van der Waals surface area (Å²) in [5, 5.41) is 3.00. The highest BCUT2D eigenvalue weighted by atomic mass is 32.2. The summed E-state index contributed by atoms with van der Waals surface area (Å²) in [5.74, 6) is 1.81. The number of carbonyl (C=O) groups excluding carboxylic acids is 1. The van der Waals surface area contributed by atoms with Gasteiger partial charge in [0.1, 0.15) is 5.60 Å². The van der Waals surface area contributed by atoms with Gasteiger partial charge in [-0.25, -0.2) is 4.79 Å². The quantitative estimate of drug-likeness (QED) is 0.618. The smallest absolute Gasteiger partial charge is 0.408 e. The molecule has 1 N–H and O–H groups in total. The zero-order valence-electron chi connectivity index (χ0n) is 10.9. The number of nitrogens with zero attached hydrogens (tertiary/aromatic N) is 1. The number of alkyl carbamates (subject to hydrolysis) is 1. The lowest BCUT2D eigenvalue weighted by molar-refractivity contribution is 0.0535. The SMILES string of the molecule is CC(C)(C)OC(=O)NCC(=S)N1CCS[C@H]1CS. The summed E-state index contributed by atoms with van der Waals surface area (Å²) in [5.41, 5.74) is -0.483. The van der Waals surface area contributed by atoms with Gasteiger partial charge in [-0.2, -0.15) is 12.6 Å². The number of rotatable bonds is 3. The second kappa shape index (κ2) is 6.86. The third kappa shape index (κ3) is 5.24. The number of thiocarbonyl (C=S) groups is 1. The van der Waals surface area contributed by atoms with Crippen LogP contribution in [0.1, 0.15) is 20.8 Å². The molecule has 0 unspecified atom stereocenters. The number of thioether (sulfide) groups is 1. The number of hydrogen-bond donors (Lipinski definition) is 2. The minimum absolute atomic E-state index is 0.321. The van der Waals surface area contributed by atoms with Gasteiger partial charge in [0.25, 0.3) is 0 Å². The van der Waals surface area contributed by atoms with Crippen LogP contribution in [0.5, 0.6) is 0 Å². The van der Waals surface area contributed by atoms with Gasteiger partial charge in [0, 0.05) is 18.1 Å². The maximum absolute atomic E-state index is 11.5. The Labute approximate surface area is 124 Å². The van der Waals surface area contributed by atoms with Crippen LogP contribution in [-0.2, 0) is 4.74 Å². The average molecular weight is 308 g/mol. The van der Waals surface area contributed by atoms with Crippen molar-refractivity contribution in [2.75, 3.05) is 24.6 Å². The minimum atomic E-state index is -0.483. The Morgan fingerprint density at radius 1 is 1.61 bits per heavy atom. The van der Waals surface area contributed by atoms with Gasteiger partial charge in [-0.3, -0.25) is 0 Å². The van der Waals surface area contributed by atoms with Crippen molar-refractivity contribution in [1.82, 2.24) is 10.2 Å². The third-order valence-electron chi connectivity index (χ3n) is 2.25. The van der Waals surface area contributed by atoms with Crippen LogP contribution < -0.4 is 5.32 Å². The summed E-state index contributed by atoms with van der Waals surface area (Å²) in [4.78, 5) is 14.4. The zero-order valence-corrected chi connectivity index (χ0v) is 13.5. The number of carbonyl (C=O) groups is 1. The second-order valence-electron chi connectivity index (χ2n) is 4.95. The molecule has 0 radical (unpaired) electrons. The van der Waals surface area contributed by atoms with Gasteiger partial charge in [-0.15, -0.1) is 11.8 Å². The number of thiol groups is 1. The topological polar surface area (TPSA) is 41.6 Å². The van der Waals surface area contributed by atoms with Crippen molar-refractivity contribution in [1.29, 1.82) is 0 Å². The molecule has 1 aliphatic heterocycles. The molecule has 0 spiro atoms. The first kappa shape index (κ1) is 15.9. The van der Waals surface area contributed by atoms with Crippen LogP contribution in [0.25, 0.3) is 0 Å². The molecule has 4 nitrogen and oxygen atoms in total. The summed E-state index contributed by atoms with van der Waals surface area (Å²) >= 11 is 11.5. The van der Waals surface area contributed by atoms with Crippen LogP contribution in [0.4, 0.5) is 4.79 Å². The molecule has 0 aromatic carbocycles. The molecule has 18 heavy (non-hydrogen) atoms. The van der Waals surface area contributed by atoms with Crippen LogP contribution in [0, 0.1) is 0 Å². The predicted molar refractivity (Wildman–Crippen MR) is 83.6 cm³/mol. The molecule has 1 aliphatic rings. The van der Waals surface area contributed by atoms with E-state index in [1.165, 1.54) is 0 Å². The van der Waals surface area contributed by atoms with Gasteiger partial charge in [-0.05, 0) is 20.8 Å². The molecule has 0 aliphatic carbocycles. The Morgan fingerprint density at radius 3 is 2.83 bits per heavy atom. The molecule has 0 aromatic rings. The van der Waals surface area contributed by atoms with E-state index in [0.29, 0.717) is 11.9 Å². The van der Waals surface area contributed by atoms with E-state index >= 15 is 0 Å². The van der Waals surface area contributed by atoms with Crippen LogP contribution in [0.15, 0.2) is 0 Å². The molecule has 1 atom stereocenters. The predicted octanol–water partition coefficient (Wildman–Crippen LogP) is 2.14. The Hall–Kier alpha value is -0.140. The monoisotopic (exact) mass is 308 g/mol. The zero-order chi connectivity index (χ0) is 13.8. The average Bonchev–Trinajstić information content (AvgIpc) is 2.71. The van der Waals surface area contributed by atoms with Crippen molar-refractivity contribution in [2.24, 2.45) is 0 Å². The van der Waals surface area contributed by atoms with Crippen molar-refractivity contribution in [3.8, 4) is 0 Å². The molecule has 1 heterocycles. The fourth-order valence-electron chi connectivity index (χ4n) is 1.52. The van der Waals surface area contributed by atoms with Crippen LogP contribution in [0.3, 0.4) is 0 Å². The standard InChI is InChI=1S/C11H20N2O2S3/c1-11(2,3)15-10(14)12-6-8(17)13-4-5-18-9(13)7-16/h9,16H,4-7H2,1-3H3,(H,12,14)/t9-/m0/s1. The van der Waals surface area contributed by atoms with Gasteiger partial charge in [0.2, 0.25) is 0 Å². The van der Waals surface area contributed by atoms with Gasteiger partial charge in [0.05, 0.1) is 16.9 Å². The molecule has 7 heteroatoms.